The van der Waals surface area contributed by atoms with E-state index in [1.807, 2.05) is 4.90 Å². The first-order valence-corrected chi connectivity index (χ1v) is 6.89. The molecule has 0 amide bonds. The van der Waals surface area contributed by atoms with Crippen LogP contribution in [0.15, 0.2) is 33.5 Å². The SMILES string of the molecule is O=C(O)COc1cccc2c(=O)cc(N3CCOCC3)oc12. The second kappa shape index (κ2) is 6.07. The van der Waals surface area contributed by atoms with E-state index in [9.17, 15) is 9.59 Å². The van der Waals surface area contributed by atoms with E-state index in [1.165, 1.54) is 6.07 Å². The molecule has 0 spiro atoms. The first kappa shape index (κ1) is 14.4. The molecule has 1 aromatic carbocycles. The molecule has 0 atom stereocenters. The molecule has 2 aromatic rings. The number of nitrogens with zero attached hydrogens (tertiary/aromatic N) is 1. The van der Waals surface area contributed by atoms with E-state index in [0.29, 0.717) is 37.6 Å². The number of carbonyl (C=O) groups is 1. The van der Waals surface area contributed by atoms with Crippen LogP contribution in [-0.2, 0) is 9.53 Å². The fraction of sp³-hybridized carbons (Fsp3) is 0.333. The lowest BCUT2D eigenvalue weighted by atomic mass is 10.2. The van der Waals surface area contributed by atoms with Crippen LogP contribution < -0.4 is 15.1 Å². The van der Waals surface area contributed by atoms with E-state index in [-0.39, 0.29) is 16.8 Å². The van der Waals surface area contributed by atoms with Gasteiger partial charge in [0.1, 0.15) is 0 Å². The molecule has 0 aliphatic carbocycles. The summed E-state index contributed by atoms with van der Waals surface area (Å²) in [4.78, 5) is 24.8. The van der Waals surface area contributed by atoms with Crippen molar-refractivity contribution in [2.45, 2.75) is 0 Å². The molecular weight excluding hydrogens is 290 g/mol. The van der Waals surface area contributed by atoms with E-state index in [2.05, 4.69) is 0 Å². The number of carboxylic acid groups (broad SMARTS) is 1. The molecule has 0 bridgehead atoms. The molecule has 1 aromatic heterocycles. The highest BCUT2D eigenvalue weighted by Gasteiger charge is 2.17. The number of hydrogen-bond acceptors (Lipinski definition) is 6. The van der Waals surface area contributed by atoms with Crippen molar-refractivity contribution < 1.29 is 23.8 Å². The average molecular weight is 305 g/mol. The van der Waals surface area contributed by atoms with Crippen LogP contribution in [0.5, 0.6) is 5.75 Å². The Morgan fingerprint density at radius 1 is 1.32 bits per heavy atom. The third-order valence-corrected chi connectivity index (χ3v) is 3.38. The molecular formula is C15H15NO6. The molecule has 0 radical (unpaired) electrons. The van der Waals surface area contributed by atoms with Gasteiger partial charge >= 0.3 is 5.97 Å². The Hall–Kier alpha value is -2.54. The minimum atomic E-state index is -1.09. The van der Waals surface area contributed by atoms with Crippen molar-refractivity contribution >= 4 is 22.8 Å². The quantitative estimate of drug-likeness (QED) is 0.904. The number of para-hydroxylation sites is 1. The van der Waals surface area contributed by atoms with E-state index in [0.717, 1.165) is 0 Å². The highest BCUT2D eigenvalue weighted by Crippen LogP contribution is 2.27. The van der Waals surface area contributed by atoms with Crippen molar-refractivity contribution in [2.75, 3.05) is 37.8 Å². The van der Waals surface area contributed by atoms with Gasteiger partial charge in [0.15, 0.2) is 29.3 Å². The van der Waals surface area contributed by atoms with Gasteiger partial charge in [-0.05, 0) is 12.1 Å². The maximum Gasteiger partial charge on any atom is 0.341 e. The van der Waals surface area contributed by atoms with Crippen molar-refractivity contribution in [1.82, 2.24) is 0 Å². The number of benzene rings is 1. The van der Waals surface area contributed by atoms with Gasteiger partial charge in [-0.3, -0.25) is 4.79 Å². The molecule has 0 unspecified atom stereocenters. The number of hydrogen-bond donors (Lipinski definition) is 1. The second-order valence-electron chi connectivity index (χ2n) is 4.86. The first-order valence-electron chi connectivity index (χ1n) is 6.89. The van der Waals surface area contributed by atoms with Crippen LogP contribution >= 0.6 is 0 Å². The summed E-state index contributed by atoms with van der Waals surface area (Å²) in [6, 6.07) is 6.27. The van der Waals surface area contributed by atoms with E-state index in [1.54, 1.807) is 18.2 Å². The van der Waals surface area contributed by atoms with Gasteiger partial charge in [-0.15, -0.1) is 0 Å². The van der Waals surface area contributed by atoms with Crippen molar-refractivity contribution in [2.24, 2.45) is 0 Å². The second-order valence-corrected chi connectivity index (χ2v) is 4.86. The summed E-state index contributed by atoms with van der Waals surface area (Å²) in [5.41, 5.74) is 0.0706. The fourth-order valence-corrected chi connectivity index (χ4v) is 2.33. The Bertz CT molecular complexity index is 747. The van der Waals surface area contributed by atoms with E-state index >= 15 is 0 Å². The molecule has 3 rings (SSSR count). The Morgan fingerprint density at radius 2 is 2.09 bits per heavy atom. The van der Waals surface area contributed by atoms with Gasteiger partial charge in [0.2, 0.25) is 0 Å². The summed E-state index contributed by atoms with van der Waals surface area (Å²) in [6.45, 7) is 1.90. The van der Waals surface area contributed by atoms with Crippen LogP contribution in [0.4, 0.5) is 5.88 Å². The number of ether oxygens (including phenoxy) is 2. The third kappa shape index (κ3) is 2.89. The Morgan fingerprint density at radius 3 is 2.82 bits per heavy atom. The van der Waals surface area contributed by atoms with Gasteiger partial charge in [-0.2, -0.15) is 0 Å². The van der Waals surface area contributed by atoms with Crippen LogP contribution in [0, 0.1) is 0 Å². The molecule has 1 aliphatic heterocycles. The lowest BCUT2D eigenvalue weighted by molar-refractivity contribution is -0.139. The van der Waals surface area contributed by atoms with Crippen molar-refractivity contribution in [1.29, 1.82) is 0 Å². The predicted octanol–water partition coefficient (Wildman–Crippen LogP) is 1.09. The van der Waals surface area contributed by atoms with Crippen LogP contribution in [0.1, 0.15) is 0 Å². The van der Waals surface area contributed by atoms with E-state index < -0.39 is 12.6 Å². The van der Waals surface area contributed by atoms with Crippen molar-refractivity contribution in [3.63, 3.8) is 0 Å². The van der Waals surface area contributed by atoms with Gasteiger partial charge in [0, 0.05) is 19.2 Å². The fourth-order valence-electron chi connectivity index (χ4n) is 2.33. The molecule has 116 valence electrons. The van der Waals surface area contributed by atoms with Gasteiger partial charge in [-0.1, -0.05) is 6.07 Å². The maximum absolute atomic E-state index is 12.2. The minimum absolute atomic E-state index is 0.191. The zero-order valence-electron chi connectivity index (χ0n) is 11.8. The number of anilines is 1. The standard InChI is InChI=1S/C15H15NO6/c17-11-8-13(16-4-6-20-7-5-16)22-15-10(11)2-1-3-12(15)21-9-14(18)19/h1-3,8H,4-7,9H2,(H,18,19). The normalized spacial score (nSPS) is 15.0. The molecule has 1 saturated heterocycles. The first-order chi connectivity index (χ1) is 10.6. The number of aliphatic carboxylic acids is 1. The molecule has 1 fully saturated rings. The molecule has 2 heterocycles. The lowest BCUT2D eigenvalue weighted by Crippen LogP contribution is -2.36. The van der Waals surface area contributed by atoms with Crippen molar-refractivity contribution in [3.05, 3.63) is 34.5 Å². The average Bonchev–Trinajstić information content (AvgIpc) is 2.53. The van der Waals surface area contributed by atoms with Crippen molar-refractivity contribution in [3.8, 4) is 5.75 Å². The topological polar surface area (TPSA) is 89.2 Å². The summed E-state index contributed by atoms with van der Waals surface area (Å²) < 4.78 is 16.3. The lowest BCUT2D eigenvalue weighted by Gasteiger charge is -2.27. The Labute approximate surface area is 125 Å². The highest BCUT2D eigenvalue weighted by atomic mass is 16.5. The van der Waals surface area contributed by atoms with Gasteiger partial charge in [0.25, 0.3) is 0 Å². The summed E-state index contributed by atoms with van der Waals surface area (Å²) in [5.74, 6) is -0.414. The molecule has 7 heteroatoms. The van der Waals surface area contributed by atoms with Crippen LogP contribution in [-0.4, -0.2) is 44.0 Å². The number of morpholine rings is 1. The number of fused-ring (bicyclic) bond motifs is 1. The van der Waals surface area contributed by atoms with Crippen LogP contribution in [0.25, 0.3) is 11.0 Å². The largest absolute Gasteiger partial charge is 0.479 e. The number of rotatable bonds is 4. The van der Waals surface area contributed by atoms with Gasteiger partial charge in [0.05, 0.1) is 18.6 Å². The summed E-state index contributed by atoms with van der Waals surface area (Å²) >= 11 is 0. The predicted molar refractivity (Wildman–Crippen MR) is 78.6 cm³/mol. The highest BCUT2D eigenvalue weighted by molar-refractivity contribution is 5.83. The smallest absolute Gasteiger partial charge is 0.341 e. The van der Waals surface area contributed by atoms with Crippen LogP contribution in [0.3, 0.4) is 0 Å². The molecule has 7 nitrogen and oxygen atoms in total. The summed E-state index contributed by atoms with van der Waals surface area (Å²) in [7, 11) is 0. The summed E-state index contributed by atoms with van der Waals surface area (Å²) in [5, 5.41) is 9.08. The van der Waals surface area contributed by atoms with Gasteiger partial charge in [-0.25, -0.2) is 4.79 Å². The monoisotopic (exact) mass is 305 g/mol. The maximum atomic E-state index is 12.2. The molecule has 0 saturated carbocycles. The zero-order valence-corrected chi connectivity index (χ0v) is 11.8. The minimum Gasteiger partial charge on any atom is -0.479 e. The molecule has 1 aliphatic rings. The molecule has 22 heavy (non-hydrogen) atoms. The van der Waals surface area contributed by atoms with E-state index in [4.69, 9.17) is 19.0 Å². The van der Waals surface area contributed by atoms with Crippen LogP contribution in [0.2, 0.25) is 0 Å². The van der Waals surface area contributed by atoms with Gasteiger partial charge < -0.3 is 23.9 Å². The zero-order chi connectivity index (χ0) is 15.5. The Balaban J connectivity index is 2.03. The molecule has 1 N–H and O–H groups in total. The summed E-state index contributed by atoms with van der Waals surface area (Å²) in [6.07, 6.45) is 0. The number of carboxylic acids is 1. The third-order valence-electron chi connectivity index (χ3n) is 3.38. The Kier molecular flexibility index (Phi) is 3.97.